The molecule has 32 heavy (non-hydrogen) atoms. The minimum atomic E-state index is -0.386. The van der Waals surface area contributed by atoms with E-state index in [0.717, 1.165) is 24.1 Å². The number of hydrogen-bond acceptors (Lipinski definition) is 4. The van der Waals surface area contributed by atoms with Gasteiger partial charge in [0.1, 0.15) is 12.2 Å². The summed E-state index contributed by atoms with van der Waals surface area (Å²) in [5, 5.41) is 9.30. The number of benzene rings is 2. The zero-order chi connectivity index (χ0) is 22.1. The number of halogens is 2. The molecule has 9 heteroatoms. The van der Waals surface area contributed by atoms with Crippen molar-refractivity contribution in [3.63, 3.8) is 0 Å². The van der Waals surface area contributed by atoms with Crippen LogP contribution in [0, 0.1) is 5.82 Å². The van der Waals surface area contributed by atoms with Gasteiger partial charge < -0.3 is 25.4 Å². The molecule has 0 aliphatic carbocycles. The Morgan fingerprint density at radius 3 is 2.78 bits per heavy atom. The van der Waals surface area contributed by atoms with E-state index in [-0.39, 0.29) is 53.7 Å². The van der Waals surface area contributed by atoms with Crippen molar-refractivity contribution in [3.05, 3.63) is 59.9 Å². The smallest absolute Gasteiger partial charge is 0.253 e. The molecule has 3 N–H and O–H groups in total. The number of guanidine groups is 1. The predicted molar refractivity (Wildman–Crippen MR) is 134 cm³/mol. The number of ether oxygens (including phenoxy) is 2. The maximum absolute atomic E-state index is 13.7. The molecule has 1 saturated heterocycles. The van der Waals surface area contributed by atoms with E-state index in [0.29, 0.717) is 25.7 Å². The van der Waals surface area contributed by atoms with E-state index in [1.54, 1.807) is 25.2 Å². The summed E-state index contributed by atoms with van der Waals surface area (Å²) >= 11 is 0. The Kier molecular flexibility index (Phi) is 10.7. The number of carbonyl (C=O) groups is 1. The first kappa shape index (κ1) is 25.9. The van der Waals surface area contributed by atoms with Crippen molar-refractivity contribution < 1.29 is 18.7 Å². The maximum Gasteiger partial charge on any atom is 0.253 e. The normalized spacial score (nSPS) is 16.6. The zero-order valence-corrected chi connectivity index (χ0v) is 20.6. The number of nitrogens with zero attached hydrogens (tertiary/aromatic N) is 1. The van der Waals surface area contributed by atoms with Crippen molar-refractivity contribution in [2.45, 2.75) is 38.5 Å². The van der Waals surface area contributed by atoms with Gasteiger partial charge in [0.2, 0.25) is 0 Å². The van der Waals surface area contributed by atoms with Gasteiger partial charge in [-0.05, 0) is 49.6 Å². The van der Waals surface area contributed by atoms with Gasteiger partial charge in [0.15, 0.2) is 17.5 Å². The van der Waals surface area contributed by atoms with Gasteiger partial charge in [-0.3, -0.25) is 9.79 Å². The lowest BCUT2D eigenvalue weighted by atomic mass is 10.2. The number of para-hydroxylation sites is 1. The highest BCUT2D eigenvalue weighted by molar-refractivity contribution is 14.0. The van der Waals surface area contributed by atoms with Gasteiger partial charge in [0.05, 0.1) is 6.54 Å². The van der Waals surface area contributed by atoms with Crippen LogP contribution in [0.4, 0.5) is 10.1 Å². The molecule has 7 nitrogen and oxygen atoms in total. The van der Waals surface area contributed by atoms with Gasteiger partial charge >= 0.3 is 0 Å². The number of amides is 1. The lowest BCUT2D eigenvalue weighted by Crippen LogP contribution is -2.41. The third kappa shape index (κ3) is 7.94. The first-order valence-electron chi connectivity index (χ1n) is 10.4. The fourth-order valence-electron chi connectivity index (χ4n) is 3.21. The van der Waals surface area contributed by atoms with Crippen LogP contribution in [0.15, 0.2) is 53.5 Å². The SMILES string of the molecule is CN=C(NCc1cccc(NC(=O)C2CCCO2)c1)NCC(C)Oc1ccccc1F.I. The zero-order valence-electron chi connectivity index (χ0n) is 18.3. The molecule has 1 aliphatic heterocycles. The molecule has 1 fully saturated rings. The molecule has 0 aromatic heterocycles. The van der Waals surface area contributed by atoms with Gasteiger partial charge in [0.25, 0.3) is 5.91 Å². The Hall–Kier alpha value is -2.40. The second kappa shape index (κ2) is 13.2. The van der Waals surface area contributed by atoms with E-state index in [1.165, 1.54) is 6.07 Å². The van der Waals surface area contributed by atoms with Crippen LogP contribution in [0.25, 0.3) is 0 Å². The van der Waals surface area contributed by atoms with Crippen LogP contribution < -0.4 is 20.7 Å². The second-order valence-corrected chi connectivity index (χ2v) is 7.36. The lowest BCUT2D eigenvalue weighted by Gasteiger charge is -2.18. The molecule has 0 spiro atoms. The Morgan fingerprint density at radius 2 is 2.06 bits per heavy atom. The highest BCUT2D eigenvalue weighted by Crippen LogP contribution is 2.17. The van der Waals surface area contributed by atoms with E-state index >= 15 is 0 Å². The average Bonchev–Trinajstić information content (AvgIpc) is 3.31. The van der Waals surface area contributed by atoms with Crippen LogP contribution in [0.1, 0.15) is 25.3 Å². The molecule has 3 rings (SSSR count). The monoisotopic (exact) mass is 556 g/mol. The third-order valence-electron chi connectivity index (χ3n) is 4.82. The number of hydrogen-bond donors (Lipinski definition) is 3. The lowest BCUT2D eigenvalue weighted by molar-refractivity contribution is -0.124. The highest BCUT2D eigenvalue weighted by Gasteiger charge is 2.23. The quantitative estimate of drug-likeness (QED) is 0.263. The first-order valence-corrected chi connectivity index (χ1v) is 10.4. The summed E-state index contributed by atoms with van der Waals surface area (Å²) in [6.45, 7) is 3.46. The Bertz CT molecular complexity index is 906. The predicted octanol–water partition coefficient (Wildman–Crippen LogP) is 3.69. The van der Waals surface area contributed by atoms with Crippen LogP contribution in [0.5, 0.6) is 5.75 Å². The van der Waals surface area contributed by atoms with Crippen LogP contribution >= 0.6 is 24.0 Å². The molecule has 2 atom stereocenters. The first-order chi connectivity index (χ1) is 15.0. The van der Waals surface area contributed by atoms with Crippen LogP contribution in [-0.2, 0) is 16.1 Å². The molecule has 0 radical (unpaired) electrons. The Labute approximate surface area is 205 Å². The summed E-state index contributed by atoms with van der Waals surface area (Å²) < 4.78 is 24.8. The van der Waals surface area contributed by atoms with Crippen molar-refractivity contribution in [2.24, 2.45) is 4.99 Å². The molecule has 174 valence electrons. The number of anilines is 1. The van der Waals surface area contributed by atoms with E-state index in [1.807, 2.05) is 31.2 Å². The van der Waals surface area contributed by atoms with Crippen LogP contribution in [0.2, 0.25) is 0 Å². The summed E-state index contributed by atoms with van der Waals surface area (Å²) in [7, 11) is 1.68. The molecule has 0 saturated carbocycles. The summed E-state index contributed by atoms with van der Waals surface area (Å²) in [5.41, 5.74) is 1.72. The van der Waals surface area contributed by atoms with Crippen LogP contribution in [-0.4, -0.2) is 44.3 Å². The third-order valence-corrected chi connectivity index (χ3v) is 4.82. The highest BCUT2D eigenvalue weighted by atomic mass is 127. The van der Waals surface area contributed by atoms with Crippen molar-refractivity contribution in [2.75, 3.05) is 25.5 Å². The largest absolute Gasteiger partial charge is 0.486 e. The molecule has 0 bridgehead atoms. The van der Waals surface area contributed by atoms with Crippen molar-refractivity contribution >= 4 is 41.5 Å². The van der Waals surface area contributed by atoms with Crippen molar-refractivity contribution in [3.8, 4) is 5.75 Å². The number of rotatable bonds is 8. The van der Waals surface area contributed by atoms with E-state index in [9.17, 15) is 9.18 Å². The van der Waals surface area contributed by atoms with Gasteiger partial charge in [-0.2, -0.15) is 0 Å². The fraction of sp³-hybridized carbons (Fsp3) is 0.391. The molecular weight excluding hydrogens is 526 g/mol. The van der Waals surface area contributed by atoms with Gasteiger partial charge in [0, 0.05) is 25.9 Å². The van der Waals surface area contributed by atoms with E-state index < -0.39 is 0 Å². The van der Waals surface area contributed by atoms with Gasteiger partial charge in [-0.15, -0.1) is 24.0 Å². The van der Waals surface area contributed by atoms with Gasteiger partial charge in [-0.25, -0.2) is 4.39 Å². The maximum atomic E-state index is 13.7. The van der Waals surface area contributed by atoms with E-state index in [4.69, 9.17) is 9.47 Å². The molecule has 1 amide bonds. The molecule has 2 aromatic carbocycles. The standard InChI is InChI=1S/C23H29FN4O3.HI/c1-16(31-20-10-4-3-9-19(20)24)14-26-23(25-2)27-15-17-7-5-8-18(13-17)28-22(29)21-11-6-12-30-21;/h3-5,7-10,13,16,21H,6,11-12,14-15H2,1-2H3,(H,28,29)(H2,25,26,27);1H. The van der Waals surface area contributed by atoms with Gasteiger partial charge in [-0.1, -0.05) is 24.3 Å². The summed E-state index contributed by atoms with van der Waals surface area (Å²) in [5.74, 6) is 0.326. The minimum absolute atomic E-state index is 0. The topological polar surface area (TPSA) is 84.0 Å². The van der Waals surface area contributed by atoms with Crippen molar-refractivity contribution in [1.29, 1.82) is 0 Å². The molecule has 2 unspecified atom stereocenters. The number of nitrogens with one attached hydrogen (secondary N) is 3. The average molecular weight is 556 g/mol. The Balaban J connectivity index is 0.00000363. The summed E-state index contributed by atoms with van der Waals surface area (Å²) in [6.07, 6.45) is 1.05. The summed E-state index contributed by atoms with van der Waals surface area (Å²) in [4.78, 5) is 16.4. The Morgan fingerprint density at radius 1 is 1.25 bits per heavy atom. The molecular formula is C23H30FIN4O3. The van der Waals surface area contributed by atoms with E-state index in [2.05, 4.69) is 20.9 Å². The molecule has 1 heterocycles. The summed E-state index contributed by atoms with van der Waals surface area (Å²) in [6, 6.07) is 13.9. The number of carbonyl (C=O) groups excluding carboxylic acids is 1. The second-order valence-electron chi connectivity index (χ2n) is 7.36. The molecule has 1 aliphatic rings. The minimum Gasteiger partial charge on any atom is -0.486 e. The fourth-order valence-corrected chi connectivity index (χ4v) is 3.21. The van der Waals surface area contributed by atoms with Crippen molar-refractivity contribution in [1.82, 2.24) is 10.6 Å². The van der Waals surface area contributed by atoms with Crippen LogP contribution in [0.3, 0.4) is 0 Å². The molecule has 2 aromatic rings. The number of aliphatic imine (C=N–C) groups is 1.